The molecule has 0 spiro atoms. The molecular formula is C21H31N5OS2. The Bertz CT molecular complexity index is 787. The summed E-state index contributed by atoms with van der Waals surface area (Å²) in [6.07, 6.45) is 3.86. The van der Waals surface area contributed by atoms with E-state index in [2.05, 4.69) is 52.2 Å². The van der Waals surface area contributed by atoms with Gasteiger partial charge in [-0.1, -0.05) is 55.5 Å². The Morgan fingerprint density at radius 1 is 1.24 bits per heavy atom. The van der Waals surface area contributed by atoms with E-state index < -0.39 is 0 Å². The van der Waals surface area contributed by atoms with Gasteiger partial charge in [-0.15, -0.1) is 10.2 Å². The third kappa shape index (κ3) is 6.50. The van der Waals surface area contributed by atoms with E-state index in [0.29, 0.717) is 16.1 Å². The first-order valence-electron chi connectivity index (χ1n) is 10.5. The minimum absolute atomic E-state index is 0.130. The third-order valence-corrected chi connectivity index (χ3v) is 7.36. The summed E-state index contributed by atoms with van der Waals surface area (Å²) in [4.78, 5) is 17.5. The van der Waals surface area contributed by atoms with Crippen LogP contribution in [0.3, 0.4) is 0 Å². The first-order valence-corrected chi connectivity index (χ1v) is 12.2. The van der Waals surface area contributed by atoms with E-state index >= 15 is 0 Å². The zero-order valence-corrected chi connectivity index (χ0v) is 19.2. The second-order valence-corrected chi connectivity index (χ2v) is 9.84. The second kappa shape index (κ2) is 11.1. The Balaban J connectivity index is 1.57. The lowest BCUT2D eigenvalue weighted by atomic mass is 10.1. The topological polar surface area (TPSA) is 61.4 Å². The number of anilines is 1. The molecule has 1 unspecified atom stereocenters. The molecule has 1 saturated heterocycles. The smallest absolute Gasteiger partial charge is 0.257 e. The summed E-state index contributed by atoms with van der Waals surface area (Å²) in [5.41, 5.74) is 1.85. The number of carbonyl (C=O) groups is 1. The van der Waals surface area contributed by atoms with E-state index in [1.165, 1.54) is 36.2 Å². The molecule has 8 heteroatoms. The fraction of sp³-hybridized carbons (Fsp3) is 0.571. The monoisotopic (exact) mass is 433 g/mol. The predicted molar refractivity (Wildman–Crippen MR) is 122 cm³/mol. The van der Waals surface area contributed by atoms with Gasteiger partial charge in [-0.3, -0.25) is 19.9 Å². The van der Waals surface area contributed by atoms with Crippen molar-refractivity contribution in [1.82, 2.24) is 20.0 Å². The van der Waals surface area contributed by atoms with Gasteiger partial charge < -0.3 is 0 Å². The molecule has 0 saturated carbocycles. The number of nitrogens with one attached hydrogen (secondary N) is 1. The average Bonchev–Trinajstić information content (AvgIpc) is 3.16. The number of nitrogens with zero attached hydrogens (tertiary/aromatic N) is 4. The Morgan fingerprint density at radius 2 is 2.00 bits per heavy atom. The highest BCUT2D eigenvalue weighted by atomic mass is 32.2. The molecule has 1 N–H and O–H groups in total. The highest BCUT2D eigenvalue weighted by Gasteiger charge is 2.16. The van der Waals surface area contributed by atoms with Crippen LogP contribution < -0.4 is 5.32 Å². The molecule has 158 valence electrons. The van der Waals surface area contributed by atoms with Crippen molar-refractivity contribution < 1.29 is 4.79 Å². The lowest BCUT2D eigenvalue weighted by molar-refractivity contribution is 0.102. The van der Waals surface area contributed by atoms with Crippen LogP contribution in [0.5, 0.6) is 0 Å². The lowest BCUT2D eigenvalue weighted by Crippen LogP contribution is -2.30. The Hall–Kier alpha value is -1.48. The van der Waals surface area contributed by atoms with Crippen molar-refractivity contribution in [3.05, 3.63) is 35.4 Å². The number of rotatable bonds is 9. The van der Waals surface area contributed by atoms with Crippen molar-refractivity contribution in [2.24, 2.45) is 0 Å². The maximum absolute atomic E-state index is 12.7. The van der Waals surface area contributed by atoms with Gasteiger partial charge in [0.15, 0.2) is 4.34 Å². The van der Waals surface area contributed by atoms with E-state index in [0.717, 1.165) is 37.1 Å². The van der Waals surface area contributed by atoms with Gasteiger partial charge in [0.25, 0.3) is 5.91 Å². The SMILES string of the molecule is CCN(CC)C(C)Sc1nnc(NC(=O)c2cccc(CN3CCCCC3)c2)s1. The van der Waals surface area contributed by atoms with Crippen LogP contribution in [0.4, 0.5) is 5.13 Å². The van der Waals surface area contributed by atoms with Crippen LogP contribution in [-0.4, -0.2) is 57.5 Å². The molecule has 0 aliphatic carbocycles. The van der Waals surface area contributed by atoms with Gasteiger partial charge in [-0.2, -0.15) is 0 Å². The fourth-order valence-corrected chi connectivity index (χ4v) is 5.77. The van der Waals surface area contributed by atoms with Gasteiger partial charge >= 0.3 is 0 Å². The largest absolute Gasteiger partial charge is 0.299 e. The molecule has 3 rings (SSSR count). The number of piperidine rings is 1. The predicted octanol–water partition coefficient (Wildman–Crippen LogP) is 4.56. The van der Waals surface area contributed by atoms with Crippen LogP contribution in [0.2, 0.25) is 0 Å². The van der Waals surface area contributed by atoms with Crippen molar-refractivity contribution in [3.63, 3.8) is 0 Å². The van der Waals surface area contributed by atoms with Gasteiger partial charge in [-0.25, -0.2) is 0 Å². The molecule has 1 aromatic heterocycles. The molecule has 1 aromatic carbocycles. The molecule has 0 bridgehead atoms. The maximum atomic E-state index is 12.7. The molecule has 1 aliphatic rings. The molecule has 29 heavy (non-hydrogen) atoms. The molecular weight excluding hydrogens is 402 g/mol. The van der Waals surface area contributed by atoms with Crippen molar-refractivity contribution in [2.45, 2.75) is 56.3 Å². The van der Waals surface area contributed by atoms with Crippen LogP contribution in [0.15, 0.2) is 28.6 Å². The van der Waals surface area contributed by atoms with Crippen molar-refractivity contribution in [1.29, 1.82) is 0 Å². The van der Waals surface area contributed by atoms with Crippen molar-refractivity contribution >= 4 is 34.1 Å². The van der Waals surface area contributed by atoms with E-state index in [9.17, 15) is 4.79 Å². The molecule has 6 nitrogen and oxygen atoms in total. The molecule has 1 atom stereocenters. The van der Waals surface area contributed by atoms with Crippen LogP contribution in [0.1, 0.15) is 56.0 Å². The first-order chi connectivity index (χ1) is 14.1. The van der Waals surface area contributed by atoms with Gasteiger partial charge in [0.05, 0.1) is 5.37 Å². The number of amides is 1. The Labute approximate surface area is 182 Å². The van der Waals surface area contributed by atoms with Crippen LogP contribution in [0.25, 0.3) is 0 Å². The van der Waals surface area contributed by atoms with E-state index in [-0.39, 0.29) is 5.91 Å². The highest BCUT2D eigenvalue weighted by molar-refractivity contribution is 8.01. The number of carbonyl (C=O) groups excluding carboxylic acids is 1. The van der Waals surface area contributed by atoms with Gasteiger partial charge in [0.2, 0.25) is 5.13 Å². The van der Waals surface area contributed by atoms with Crippen molar-refractivity contribution in [2.75, 3.05) is 31.5 Å². The number of likely N-dealkylation sites (tertiary alicyclic amines) is 1. The van der Waals surface area contributed by atoms with Gasteiger partial charge in [-0.05, 0) is 63.6 Å². The number of thioether (sulfide) groups is 1. The van der Waals surface area contributed by atoms with E-state index in [1.54, 1.807) is 11.8 Å². The molecule has 2 heterocycles. The number of hydrogen-bond donors (Lipinski definition) is 1. The number of benzene rings is 1. The summed E-state index contributed by atoms with van der Waals surface area (Å²) in [5.74, 6) is -0.130. The highest BCUT2D eigenvalue weighted by Crippen LogP contribution is 2.30. The molecule has 1 amide bonds. The molecule has 1 aliphatic heterocycles. The summed E-state index contributed by atoms with van der Waals surface area (Å²) >= 11 is 3.11. The van der Waals surface area contributed by atoms with Crippen LogP contribution in [0, 0.1) is 0 Å². The average molecular weight is 434 g/mol. The maximum Gasteiger partial charge on any atom is 0.257 e. The standard InChI is InChI=1S/C21H31N5OS2/c1-4-26(5-2)16(3)28-21-24-23-20(29-21)22-19(27)18-11-9-10-17(14-18)15-25-12-7-6-8-13-25/h9-11,14,16H,4-8,12-13,15H2,1-3H3,(H,22,23,27). The Morgan fingerprint density at radius 3 is 2.72 bits per heavy atom. The lowest BCUT2D eigenvalue weighted by Gasteiger charge is -2.26. The fourth-order valence-electron chi connectivity index (χ4n) is 3.62. The van der Waals surface area contributed by atoms with Gasteiger partial charge in [0, 0.05) is 12.1 Å². The molecule has 1 fully saturated rings. The minimum Gasteiger partial charge on any atom is -0.299 e. The minimum atomic E-state index is -0.130. The first kappa shape index (κ1) is 22.2. The van der Waals surface area contributed by atoms with Crippen molar-refractivity contribution in [3.8, 4) is 0 Å². The zero-order chi connectivity index (χ0) is 20.6. The Kier molecular flexibility index (Phi) is 8.47. The summed E-state index contributed by atoms with van der Waals surface area (Å²) < 4.78 is 0.874. The zero-order valence-electron chi connectivity index (χ0n) is 17.6. The summed E-state index contributed by atoms with van der Waals surface area (Å²) in [6, 6.07) is 7.90. The normalized spacial score (nSPS) is 16.1. The van der Waals surface area contributed by atoms with Gasteiger partial charge in [0.1, 0.15) is 0 Å². The molecule has 2 aromatic rings. The third-order valence-electron chi connectivity index (χ3n) is 5.27. The summed E-state index contributed by atoms with van der Waals surface area (Å²) in [5, 5.41) is 12.2. The van der Waals surface area contributed by atoms with E-state index in [4.69, 9.17) is 0 Å². The summed E-state index contributed by atoms with van der Waals surface area (Å²) in [7, 11) is 0. The molecule has 0 radical (unpaired) electrons. The second-order valence-electron chi connectivity index (χ2n) is 7.30. The van der Waals surface area contributed by atoms with Crippen LogP contribution in [-0.2, 0) is 6.54 Å². The quantitative estimate of drug-likeness (QED) is 0.355. The number of hydrogen-bond acceptors (Lipinski definition) is 7. The summed E-state index contributed by atoms with van der Waals surface area (Å²) in [6.45, 7) is 11.7. The van der Waals surface area contributed by atoms with E-state index in [1.807, 2.05) is 18.2 Å². The van der Waals surface area contributed by atoms with Crippen LogP contribution >= 0.6 is 23.1 Å². The number of aromatic nitrogens is 2.